The van der Waals surface area contributed by atoms with Crippen molar-refractivity contribution in [3.8, 4) is 5.88 Å². The van der Waals surface area contributed by atoms with Gasteiger partial charge < -0.3 is 20.5 Å². The van der Waals surface area contributed by atoms with Gasteiger partial charge in [0.1, 0.15) is 16.9 Å². The molecule has 0 atom stereocenters. The Morgan fingerprint density at radius 2 is 1.82 bits per heavy atom. The number of aliphatic imine (C=N–C) groups is 1. The molecule has 0 radical (unpaired) electrons. The summed E-state index contributed by atoms with van der Waals surface area (Å²) < 4.78 is 7.75. The Morgan fingerprint density at radius 1 is 1.16 bits per heavy atom. The standard InChI is InChI=1S/C26H38N6O6/c1-4-5-10-30-20(33)18(19(27)28-2)21(34)32(24(30)37)17-6-8-25(9-7-17)14-26(15-25)22(35)29(3)23(36)31(26)11-16-12-38-13-16/h16-17,33H,4-15H2,1-3H3,(H2,27,28). The van der Waals surface area contributed by atoms with E-state index in [2.05, 4.69) is 4.99 Å². The number of nitrogens with zero attached hydrogens (tertiary/aromatic N) is 5. The van der Waals surface area contributed by atoms with Crippen LogP contribution >= 0.6 is 0 Å². The molecule has 4 aliphatic rings. The van der Waals surface area contributed by atoms with E-state index in [4.69, 9.17) is 10.5 Å². The van der Waals surface area contributed by atoms with E-state index < -0.39 is 22.7 Å². The number of likely N-dealkylation sites (N-methyl/N-ethyl adjacent to an activating group) is 1. The lowest BCUT2D eigenvalue weighted by Gasteiger charge is -2.58. The molecular weight excluding hydrogens is 492 g/mol. The number of imide groups is 1. The van der Waals surface area contributed by atoms with Crippen molar-refractivity contribution in [1.82, 2.24) is 18.9 Å². The molecule has 5 rings (SSSR count). The van der Waals surface area contributed by atoms with Crippen LogP contribution in [-0.2, 0) is 16.1 Å². The molecule has 3 N–H and O–H groups in total. The molecule has 2 aliphatic carbocycles. The van der Waals surface area contributed by atoms with E-state index in [0.29, 0.717) is 51.9 Å². The van der Waals surface area contributed by atoms with Crippen molar-refractivity contribution in [1.29, 1.82) is 0 Å². The first-order chi connectivity index (χ1) is 18.1. The fourth-order valence-corrected chi connectivity index (χ4v) is 6.97. The highest BCUT2D eigenvalue weighted by molar-refractivity contribution is 6.07. The maximum absolute atomic E-state index is 13.4. The predicted octanol–water partition coefficient (Wildman–Crippen LogP) is 1.03. The third-order valence-electron chi connectivity index (χ3n) is 9.18. The third-order valence-corrected chi connectivity index (χ3v) is 9.18. The SMILES string of the molecule is CCCCn1c(O)c(C(N)=NC)c(=O)n(C2CCC3(CC2)CC2(C3)C(=O)N(C)C(=O)N2CC2COC2)c1=O. The van der Waals surface area contributed by atoms with Gasteiger partial charge in [-0.05, 0) is 50.4 Å². The molecule has 2 aliphatic heterocycles. The average Bonchev–Trinajstić information content (AvgIpc) is 3.02. The highest BCUT2D eigenvalue weighted by Gasteiger charge is 2.68. The Balaban J connectivity index is 1.38. The van der Waals surface area contributed by atoms with Gasteiger partial charge in [-0.2, -0.15) is 0 Å². The summed E-state index contributed by atoms with van der Waals surface area (Å²) in [4.78, 5) is 59.8. The second kappa shape index (κ2) is 9.55. The van der Waals surface area contributed by atoms with E-state index in [0.717, 1.165) is 19.3 Å². The molecule has 38 heavy (non-hydrogen) atoms. The van der Waals surface area contributed by atoms with Crippen molar-refractivity contribution in [2.75, 3.05) is 33.9 Å². The molecule has 2 saturated carbocycles. The van der Waals surface area contributed by atoms with Crippen molar-refractivity contribution in [3.05, 3.63) is 26.4 Å². The highest BCUT2D eigenvalue weighted by atomic mass is 16.5. The quantitative estimate of drug-likeness (QED) is 0.303. The van der Waals surface area contributed by atoms with Gasteiger partial charge in [-0.1, -0.05) is 13.3 Å². The fraction of sp³-hybridized carbons (Fsp3) is 0.731. The molecule has 12 nitrogen and oxygen atoms in total. The number of aromatic nitrogens is 2. The summed E-state index contributed by atoms with van der Waals surface area (Å²) in [5.41, 5.74) is 3.76. The molecule has 0 unspecified atom stereocenters. The molecule has 4 fully saturated rings. The van der Waals surface area contributed by atoms with Gasteiger partial charge in [0, 0.05) is 39.1 Å². The monoisotopic (exact) mass is 530 g/mol. The summed E-state index contributed by atoms with van der Waals surface area (Å²) in [6.45, 7) is 4.00. The van der Waals surface area contributed by atoms with Crippen LogP contribution < -0.4 is 17.0 Å². The van der Waals surface area contributed by atoms with E-state index in [1.807, 2.05) is 6.92 Å². The van der Waals surface area contributed by atoms with Crippen LogP contribution in [0.1, 0.15) is 69.9 Å². The number of urea groups is 1. The normalized spacial score (nSPS) is 29.9. The molecule has 0 aromatic carbocycles. The maximum atomic E-state index is 13.4. The van der Waals surface area contributed by atoms with Crippen LogP contribution in [0.25, 0.3) is 0 Å². The molecule has 0 bridgehead atoms. The van der Waals surface area contributed by atoms with Crippen molar-refractivity contribution < 1.29 is 19.4 Å². The van der Waals surface area contributed by atoms with Crippen LogP contribution in [0.5, 0.6) is 5.88 Å². The average molecular weight is 531 g/mol. The number of amides is 3. The first-order valence-corrected chi connectivity index (χ1v) is 13.6. The summed E-state index contributed by atoms with van der Waals surface area (Å²) in [5, 5.41) is 10.7. The van der Waals surface area contributed by atoms with Crippen molar-refractivity contribution in [2.45, 2.75) is 76.4 Å². The molecule has 2 saturated heterocycles. The maximum Gasteiger partial charge on any atom is 0.334 e. The largest absolute Gasteiger partial charge is 0.494 e. The summed E-state index contributed by atoms with van der Waals surface area (Å²) in [5.74, 6) is -0.424. The van der Waals surface area contributed by atoms with E-state index in [1.165, 1.54) is 21.1 Å². The van der Waals surface area contributed by atoms with Crippen molar-refractivity contribution in [3.63, 3.8) is 0 Å². The van der Waals surface area contributed by atoms with Crippen LogP contribution in [0.15, 0.2) is 14.6 Å². The number of carbonyl (C=O) groups is 2. The van der Waals surface area contributed by atoms with Crippen LogP contribution in [0.3, 0.4) is 0 Å². The zero-order chi connectivity index (χ0) is 27.4. The van der Waals surface area contributed by atoms with E-state index in [-0.39, 0.29) is 47.3 Å². The number of aromatic hydroxyl groups is 1. The Morgan fingerprint density at radius 3 is 2.37 bits per heavy atom. The topological polar surface area (TPSA) is 152 Å². The van der Waals surface area contributed by atoms with Crippen LogP contribution in [0, 0.1) is 11.3 Å². The van der Waals surface area contributed by atoms with Gasteiger partial charge in [0.25, 0.3) is 11.5 Å². The minimum atomic E-state index is -0.796. The second-order valence-electron chi connectivity index (χ2n) is 11.5. The number of hydrogen-bond acceptors (Lipinski definition) is 7. The van der Waals surface area contributed by atoms with Gasteiger partial charge >= 0.3 is 11.7 Å². The number of carbonyl (C=O) groups excluding carboxylic acids is 2. The van der Waals surface area contributed by atoms with Gasteiger partial charge in [0.15, 0.2) is 0 Å². The summed E-state index contributed by atoms with van der Waals surface area (Å²) in [6, 6.07) is -0.586. The van der Waals surface area contributed by atoms with Gasteiger partial charge in [-0.25, -0.2) is 9.59 Å². The molecule has 1 aromatic rings. The molecular formula is C26H38N6O6. The van der Waals surface area contributed by atoms with Gasteiger partial charge in [0.2, 0.25) is 5.88 Å². The Labute approximate surface area is 221 Å². The molecule has 2 spiro atoms. The molecule has 12 heteroatoms. The smallest absolute Gasteiger partial charge is 0.334 e. The Hall–Kier alpha value is -3.15. The van der Waals surface area contributed by atoms with Gasteiger partial charge in [-0.3, -0.25) is 28.6 Å². The minimum absolute atomic E-state index is 0.106. The predicted molar refractivity (Wildman–Crippen MR) is 139 cm³/mol. The highest BCUT2D eigenvalue weighted by Crippen LogP contribution is 2.62. The summed E-state index contributed by atoms with van der Waals surface area (Å²) in [6.07, 6.45) is 5.31. The zero-order valence-electron chi connectivity index (χ0n) is 22.4. The Kier molecular flexibility index (Phi) is 6.65. The lowest BCUT2D eigenvalue weighted by molar-refractivity contribution is -0.152. The molecule has 3 amide bonds. The number of amidine groups is 1. The summed E-state index contributed by atoms with van der Waals surface area (Å²) >= 11 is 0. The minimum Gasteiger partial charge on any atom is -0.494 e. The molecule has 3 heterocycles. The lowest BCUT2D eigenvalue weighted by Crippen LogP contribution is -2.65. The van der Waals surface area contributed by atoms with E-state index in [1.54, 1.807) is 11.9 Å². The third kappa shape index (κ3) is 3.87. The van der Waals surface area contributed by atoms with Crippen molar-refractivity contribution >= 4 is 17.8 Å². The van der Waals surface area contributed by atoms with Crippen LogP contribution in [0.4, 0.5) is 4.79 Å². The number of ether oxygens (including phenoxy) is 1. The first-order valence-electron chi connectivity index (χ1n) is 13.6. The first kappa shape index (κ1) is 26.5. The number of unbranched alkanes of at least 4 members (excludes halogenated alkanes) is 1. The van der Waals surface area contributed by atoms with E-state index >= 15 is 0 Å². The fourth-order valence-electron chi connectivity index (χ4n) is 6.97. The zero-order valence-corrected chi connectivity index (χ0v) is 22.4. The Bertz CT molecular complexity index is 1280. The molecule has 1 aromatic heterocycles. The van der Waals surface area contributed by atoms with Crippen LogP contribution in [-0.4, -0.2) is 81.2 Å². The van der Waals surface area contributed by atoms with Crippen LogP contribution in [0.2, 0.25) is 0 Å². The van der Waals surface area contributed by atoms with E-state index in [9.17, 15) is 24.3 Å². The number of nitrogens with two attached hydrogens (primary N) is 1. The molecule has 208 valence electrons. The van der Waals surface area contributed by atoms with Gasteiger partial charge in [0.05, 0.1) is 13.2 Å². The number of rotatable bonds is 7. The lowest BCUT2D eigenvalue weighted by atomic mass is 9.51. The summed E-state index contributed by atoms with van der Waals surface area (Å²) in [7, 11) is 2.99. The van der Waals surface area contributed by atoms with Crippen molar-refractivity contribution in [2.24, 2.45) is 22.1 Å². The second-order valence-corrected chi connectivity index (χ2v) is 11.5. The number of hydrogen-bond donors (Lipinski definition) is 2. The van der Waals surface area contributed by atoms with Gasteiger partial charge in [-0.15, -0.1) is 0 Å².